The van der Waals surface area contributed by atoms with Gasteiger partial charge in [0.2, 0.25) is 0 Å². The molecule has 0 fully saturated rings. The average molecular weight is 651 g/mol. The van der Waals surface area contributed by atoms with Crippen LogP contribution in [0.3, 0.4) is 0 Å². The van der Waals surface area contributed by atoms with Crippen LogP contribution in [-0.4, -0.2) is 23.4 Å². The third-order valence-corrected chi connectivity index (χ3v) is 9.62. The minimum absolute atomic E-state index is 0.501. The molecule has 2 heterocycles. The first kappa shape index (κ1) is 31.6. The van der Waals surface area contributed by atoms with E-state index in [0.29, 0.717) is 18.2 Å². The van der Waals surface area contributed by atoms with Crippen molar-refractivity contribution in [3.05, 3.63) is 186 Å². The number of thiophene rings is 1. The van der Waals surface area contributed by atoms with Gasteiger partial charge in [0.25, 0.3) is 0 Å². The van der Waals surface area contributed by atoms with Gasteiger partial charge in [-0.15, -0.1) is 11.3 Å². The van der Waals surface area contributed by atoms with Gasteiger partial charge in [-0.3, -0.25) is 4.99 Å². The zero-order valence-corrected chi connectivity index (χ0v) is 28.1. The maximum Gasteiger partial charge on any atom is 0.161 e. The normalized spacial score (nSPS) is 12.7. The van der Waals surface area contributed by atoms with Gasteiger partial charge in [0.15, 0.2) is 11.7 Å². The van der Waals surface area contributed by atoms with E-state index in [4.69, 9.17) is 15.0 Å². The number of fused-ring (bicyclic) bond motifs is 5. The van der Waals surface area contributed by atoms with Gasteiger partial charge in [0.05, 0.1) is 17.8 Å². The number of hydrogen-bond donors (Lipinski definition) is 0. The maximum atomic E-state index is 5.12. The van der Waals surface area contributed by atoms with Crippen LogP contribution in [0.25, 0.3) is 42.2 Å². The topological polar surface area (TPSA) is 50.0 Å². The molecule has 0 atom stereocenters. The van der Waals surface area contributed by atoms with Gasteiger partial charge >= 0.3 is 0 Å². The molecule has 5 aromatic carbocycles. The van der Waals surface area contributed by atoms with Crippen molar-refractivity contribution in [2.24, 2.45) is 15.0 Å². The Kier molecular flexibility index (Phi) is 9.26. The Labute approximate surface area is 290 Å². The quantitative estimate of drug-likeness (QED) is 0.0917. The summed E-state index contributed by atoms with van der Waals surface area (Å²) in [6.45, 7) is 10.8. The third kappa shape index (κ3) is 6.71. The number of amidine groups is 2. The van der Waals surface area contributed by atoms with Crippen LogP contribution in [0.5, 0.6) is 0 Å². The molecule has 5 heteroatoms. The molecule has 0 aliphatic heterocycles. The summed E-state index contributed by atoms with van der Waals surface area (Å²) in [5.74, 6) is 1.13. The molecule has 0 aliphatic rings. The zero-order chi connectivity index (χ0) is 33.6. The number of allylic oxidation sites excluding steroid dienone is 5. The Morgan fingerprint density at radius 2 is 1.33 bits per heavy atom. The van der Waals surface area contributed by atoms with Crippen LogP contribution < -0.4 is 0 Å². The van der Waals surface area contributed by atoms with E-state index in [2.05, 4.69) is 115 Å². The molecule has 0 saturated carbocycles. The van der Waals surface area contributed by atoms with Crippen molar-refractivity contribution in [2.45, 2.75) is 13.5 Å². The molecular formula is C44H34N4S. The molecular weight excluding hydrogens is 617 g/mol. The number of nitrogens with zero attached hydrogens (tertiary/aromatic N) is 4. The summed E-state index contributed by atoms with van der Waals surface area (Å²) in [5, 5.41) is 3.54. The number of para-hydroxylation sites is 1. The van der Waals surface area contributed by atoms with Gasteiger partial charge in [-0.2, -0.15) is 0 Å². The predicted octanol–water partition coefficient (Wildman–Crippen LogP) is 11.4. The van der Waals surface area contributed by atoms with Crippen LogP contribution in [0, 0.1) is 0 Å². The molecule has 49 heavy (non-hydrogen) atoms. The Hall–Kier alpha value is -6.04. The SMILES string of the molecule is C=NC(=NC(=NCc1ccccc1)c1ccc(C(/C=C\C(=C)c2nc3ccccc3c3sc4ccccc4c23)=C/C)cc1)c1ccccc1. The lowest BCUT2D eigenvalue weighted by molar-refractivity contribution is 1.06. The highest BCUT2D eigenvalue weighted by molar-refractivity contribution is 7.26. The van der Waals surface area contributed by atoms with E-state index >= 15 is 0 Å². The fourth-order valence-electron chi connectivity index (χ4n) is 5.90. The highest BCUT2D eigenvalue weighted by Gasteiger charge is 2.16. The van der Waals surface area contributed by atoms with Crippen molar-refractivity contribution in [1.29, 1.82) is 0 Å². The first-order valence-corrected chi connectivity index (χ1v) is 17.0. The van der Waals surface area contributed by atoms with Gasteiger partial charge in [-0.1, -0.05) is 146 Å². The monoisotopic (exact) mass is 650 g/mol. The Morgan fingerprint density at radius 3 is 2.06 bits per heavy atom. The first-order valence-electron chi connectivity index (χ1n) is 16.2. The Bertz CT molecular complexity index is 2430. The highest BCUT2D eigenvalue weighted by atomic mass is 32.1. The summed E-state index contributed by atoms with van der Waals surface area (Å²) in [7, 11) is 0. The zero-order valence-electron chi connectivity index (χ0n) is 27.3. The summed E-state index contributed by atoms with van der Waals surface area (Å²) in [5.41, 5.74) is 7.79. The average Bonchev–Trinajstić information content (AvgIpc) is 3.56. The van der Waals surface area contributed by atoms with Gasteiger partial charge in [0.1, 0.15) is 0 Å². The Morgan fingerprint density at radius 1 is 0.694 bits per heavy atom. The van der Waals surface area contributed by atoms with Crippen molar-refractivity contribution in [3.8, 4) is 0 Å². The molecule has 0 unspecified atom stereocenters. The highest BCUT2D eigenvalue weighted by Crippen LogP contribution is 2.41. The summed E-state index contributed by atoms with van der Waals surface area (Å²) < 4.78 is 2.49. The summed E-state index contributed by atoms with van der Waals surface area (Å²) in [6, 6.07) is 45.3. The van der Waals surface area contributed by atoms with E-state index in [1.807, 2.05) is 72.9 Å². The molecule has 4 nitrogen and oxygen atoms in total. The smallest absolute Gasteiger partial charge is 0.161 e. The largest absolute Gasteiger partial charge is 0.261 e. The third-order valence-electron chi connectivity index (χ3n) is 8.42. The van der Waals surface area contributed by atoms with E-state index < -0.39 is 0 Å². The second-order valence-corrected chi connectivity index (χ2v) is 12.6. The fourth-order valence-corrected chi connectivity index (χ4v) is 7.14. The molecule has 236 valence electrons. The van der Waals surface area contributed by atoms with Gasteiger partial charge in [-0.05, 0) is 48.0 Å². The molecule has 0 saturated heterocycles. The van der Waals surface area contributed by atoms with Crippen LogP contribution in [0.1, 0.15) is 34.9 Å². The van der Waals surface area contributed by atoms with Gasteiger partial charge in [-0.25, -0.2) is 15.0 Å². The van der Waals surface area contributed by atoms with Crippen molar-refractivity contribution >= 4 is 71.9 Å². The molecule has 0 aliphatic carbocycles. The summed E-state index contributed by atoms with van der Waals surface area (Å²) in [6.07, 6.45) is 6.30. The number of aliphatic imine (C=N–C) groups is 3. The molecule has 0 amide bonds. The molecule has 0 radical (unpaired) electrons. The van der Waals surface area contributed by atoms with E-state index in [9.17, 15) is 0 Å². The molecule has 7 aromatic rings. The number of benzene rings is 5. The van der Waals surface area contributed by atoms with Crippen molar-refractivity contribution < 1.29 is 0 Å². The Balaban J connectivity index is 1.20. The van der Waals surface area contributed by atoms with Crippen LogP contribution in [0.4, 0.5) is 0 Å². The second-order valence-electron chi connectivity index (χ2n) is 11.5. The predicted molar refractivity (Wildman–Crippen MR) is 212 cm³/mol. The minimum Gasteiger partial charge on any atom is -0.261 e. The standard InChI is InChI=1S/C44H34N4S/c1-4-32(24-23-30(2)41-40-37-20-12-14-22-39(37)49-42(40)36-19-11-13-21-38(36)47-41)33-25-27-35(28-26-33)44(46-29-31-15-7-5-8-16-31)48-43(45-3)34-17-9-6-10-18-34/h4-28H,2-3,29H2,1H3/b24-23-,32-4+,46-44?,48-43?. The van der Waals surface area contributed by atoms with Crippen LogP contribution in [-0.2, 0) is 6.54 Å². The molecule has 7 rings (SSSR count). The number of hydrogen-bond acceptors (Lipinski definition) is 3. The number of rotatable bonds is 8. The van der Waals surface area contributed by atoms with E-state index in [1.54, 1.807) is 0 Å². The van der Waals surface area contributed by atoms with Crippen LogP contribution >= 0.6 is 11.3 Å². The van der Waals surface area contributed by atoms with Crippen molar-refractivity contribution in [1.82, 2.24) is 4.98 Å². The van der Waals surface area contributed by atoms with E-state index in [-0.39, 0.29) is 0 Å². The first-order chi connectivity index (χ1) is 24.1. The lowest BCUT2D eigenvalue weighted by Gasteiger charge is -2.09. The van der Waals surface area contributed by atoms with Crippen LogP contribution in [0.15, 0.2) is 173 Å². The molecule has 0 bridgehead atoms. The van der Waals surface area contributed by atoms with Crippen molar-refractivity contribution in [2.75, 3.05) is 0 Å². The fraction of sp³-hybridized carbons (Fsp3) is 0.0455. The van der Waals surface area contributed by atoms with Gasteiger partial charge < -0.3 is 0 Å². The molecule has 2 aromatic heterocycles. The molecule has 0 spiro atoms. The number of pyridine rings is 1. The van der Waals surface area contributed by atoms with E-state index in [1.165, 1.54) is 20.2 Å². The lowest BCUT2D eigenvalue weighted by atomic mass is 10.00. The minimum atomic E-state index is 0.501. The van der Waals surface area contributed by atoms with Crippen LogP contribution in [0.2, 0.25) is 0 Å². The maximum absolute atomic E-state index is 5.12. The summed E-state index contributed by atoms with van der Waals surface area (Å²) >= 11 is 1.81. The second kappa shape index (κ2) is 14.4. The molecule has 0 N–H and O–H groups in total. The van der Waals surface area contributed by atoms with Crippen molar-refractivity contribution in [3.63, 3.8) is 0 Å². The number of aromatic nitrogens is 1. The van der Waals surface area contributed by atoms with E-state index in [0.717, 1.165) is 50.0 Å². The summed E-state index contributed by atoms with van der Waals surface area (Å²) in [4.78, 5) is 19.2. The lowest BCUT2D eigenvalue weighted by Crippen LogP contribution is -2.05. The van der Waals surface area contributed by atoms with Gasteiger partial charge in [0, 0.05) is 36.7 Å².